The van der Waals surface area contributed by atoms with E-state index >= 15 is 0 Å². The molecule has 5 heteroatoms. The lowest BCUT2D eigenvalue weighted by Crippen LogP contribution is -2.42. The smallest absolute Gasteiger partial charge is 0.245 e. The summed E-state index contributed by atoms with van der Waals surface area (Å²) in [5.74, 6) is 0.393. The summed E-state index contributed by atoms with van der Waals surface area (Å²) in [6.45, 7) is 6.01. The maximum atomic E-state index is 12.3. The molecular formula is C13H22N2O2S. The summed E-state index contributed by atoms with van der Waals surface area (Å²) >= 11 is 1.52. The Balaban J connectivity index is 2.68. The maximum Gasteiger partial charge on any atom is 0.245 e. The molecule has 0 spiro atoms. The Morgan fingerprint density at radius 2 is 2.28 bits per heavy atom. The van der Waals surface area contributed by atoms with E-state index in [1.807, 2.05) is 17.5 Å². The van der Waals surface area contributed by atoms with E-state index in [-0.39, 0.29) is 5.91 Å². The molecule has 0 saturated carbocycles. The van der Waals surface area contributed by atoms with E-state index < -0.39 is 6.04 Å². The fourth-order valence-corrected chi connectivity index (χ4v) is 2.44. The highest BCUT2D eigenvalue weighted by molar-refractivity contribution is 7.10. The highest BCUT2D eigenvalue weighted by Crippen LogP contribution is 2.19. The molecule has 0 aliphatic carbocycles. The van der Waals surface area contributed by atoms with Crippen molar-refractivity contribution in [2.75, 3.05) is 26.8 Å². The first-order chi connectivity index (χ1) is 8.56. The molecule has 0 aliphatic rings. The number of nitrogens with zero attached hydrogens (tertiary/aromatic N) is 1. The molecule has 1 aromatic rings. The molecule has 4 nitrogen and oxygen atoms in total. The van der Waals surface area contributed by atoms with Crippen LogP contribution in [0.25, 0.3) is 0 Å². The van der Waals surface area contributed by atoms with Gasteiger partial charge >= 0.3 is 0 Å². The lowest BCUT2D eigenvalue weighted by atomic mass is 10.1. The minimum absolute atomic E-state index is 0.0248. The van der Waals surface area contributed by atoms with E-state index in [9.17, 15) is 4.79 Å². The lowest BCUT2D eigenvalue weighted by molar-refractivity contribution is -0.133. The summed E-state index contributed by atoms with van der Waals surface area (Å²) in [5, 5.41) is 1.93. The van der Waals surface area contributed by atoms with Crippen molar-refractivity contribution in [1.82, 2.24) is 4.90 Å². The lowest BCUT2D eigenvalue weighted by Gasteiger charge is -2.26. The third-order valence-corrected chi connectivity index (χ3v) is 3.53. The van der Waals surface area contributed by atoms with Gasteiger partial charge in [0.2, 0.25) is 5.91 Å². The molecule has 1 atom stereocenters. The predicted molar refractivity (Wildman–Crippen MR) is 74.5 cm³/mol. The summed E-state index contributed by atoms with van der Waals surface area (Å²) in [6, 6.07) is 3.26. The van der Waals surface area contributed by atoms with Crippen LogP contribution >= 0.6 is 11.3 Å². The van der Waals surface area contributed by atoms with Crippen molar-refractivity contribution in [2.24, 2.45) is 11.7 Å². The van der Waals surface area contributed by atoms with Crippen LogP contribution in [0, 0.1) is 5.92 Å². The second-order valence-corrected chi connectivity index (χ2v) is 5.64. The van der Waals surface area contributed by atoms with Crippen LogP contribution in [-0.4, -0.2) is 37.6 Å². The van der Waals surface area contributed by atoms with E-state index in [1.165, 1.54) is 11.3 Å². The van der Waals surface area contributed by atoms with Crippen LogP contribution in [0.3, 0.4) is 0 Å². The van der Waals surface area contributed by atoms with Gasteiger partial charge in [0, 0.05) is 25.1 Å². The third-order valence-electron chi connectivity index (χ3n) is 2.58. The Labute approximate surface area is 113 Å². The van der Waals surface area contributed by atoms with Crippen LogP contribution in [-0.2, 0) is 9.53 Å². The van der Waals surface area contributed by atoms with Gasteiger partial charge in [0.05, 0.1) is 6.61 Å². The first-order valence-corrected chi connectivity index (χ1v) is 7.01. The highest BCUT2D eigenvalue weighted by atomic mass is 32.1. The van der Waals surface area contributed by atoms with Crippen molar-refractivity contribution >= 4 is 17.2 Å². The van der Waals surface area contributed by atoms with Gasteiger partial charge in [-0.2, -0.15) is 0 Å². The Morgan fingerprint density at radius 1 is 1.56 bits per heavy atom. The van der Waals surface area contributed by atoms with Crippen LogP contribution in [0.2, 0.25) is 0 Å². The number of nitrogens with two attached hydrogens (primary N) is 1. The molecule has 1 rings (SSSR count). The SMILES string of the molecule is COCCN(CC(C)C)C(=O)C(N)c1cccs1. The number of rotatable bonds is 7. The molecule has 2 N–H and O–H groups in total. The average Bonchev–Trinajstić information content (AvgIpc) is 2.85. The van der Waals surface area contributed by atoms with E-state index in [1.54, 1.807) is 12.0 Å². The van der Waals surface area contributed by atoms with Crippen LogP contribution in [0.15, 0.2) is 17.5 Å². The van der Waals surface area contributed by atoms with Gasteiger partial charge in [-0.1, -0.05) is 19.9 Å². The summed E-state index contributed by atoms with van der Waals surface area (Å²) in [6.07, 6.45) is 0. The molecule has 102 valence electrons. The maximum absolute atomic E-state index is 12.3. The molecule has 1 amide bonds. The number of thiophene rings is 1. The zero-order valence-corrected chi connectivity index (χ0v) is 12.1. The van der Waals surface area contributed by atoms with E-state index in [0.717, 1.165) is 4.88 Å². The molecule has 0 aliphatic heterocycles. The van der Waals surface area contributed by atoms with Gasteiger partial charge in [0.25, 0.3) is 0 Å². The molecule has 0 bridgehead atoms. The highest BCUT2D eigenvalue weighted by Gasteiger charge is 2.23. The van der Waals surface area contributed by atoms with Crippen molar-refractivity contribution < 1.29 is 9.53 Å². The topological polar surface area (TPSA) is 55.6 Å². The Hall–Kier alpha value is -0.910. The van der Waals surface area contributed by atoms with Gasteiger partial charge in [-0.15, -0.1) is 11.3 Å². The zero-order chi connectivity index (χ0) is 13.5. The Bertz CT molecular complexity index is 352. The second-order valence-electron chi connectivity index (χ2n) is 4.66. The number of carbonyl (C=O) groups excluding carboxylic acids is 1. The third kappa shape index (κ3) is 4.40. The van der Waals surface area contributed by atoms with Crippen molar-refractivity contribution in [3.8, 4) is 0 Å². The summed E-state index contributed by atoms with van der Waals surface area (Å²) in [5.41, 5.74) is 6.01. The van der Waals surface area contributed by atoms with Crippen molar-refractivity contribution in [3.63, 3.8) is 0 Å². The zero-order valence-electron chi connectivity index (χ0n) is 11.3. The fourth-order valence-electron chi connectivity index (χ4n) is 1.72. The first kappa shape index (κ1) is 15.1. The Kier molecular flexibility index (Phi) is 6.32. The minimum atomic E-state index is -0.555. The predicted octanol–water partition coefficient (Wildman–Crippen LogP) is 1.88. The number of amides is 1. The van der Waals surface area contributed by atoms with E-state index in [0.29, 0.717) is 25.6 Å². The second kappa shape index (κ2) is 7.51. The molecule has 0 radical (unpaired) electrons. The van der Waals surface area contributed by atoms with Crippen molar-refractivity contribution in [3.05, 3.63) is 22.4 Å². The average molecular weight is 270 g/mol. The minimum Gasteiger partial charge on any atom is -0.383 e. The molecule has 0 saturated heterocycles. The quantitative estimate of drug-likeness (QED) is 0.823. The molecule has 1 unspecified atom stereocenters. The normalized spacial score (nSPS) is 12.7. The van der Waals surface area contributed by atoms with Gasteiger partial charge < -0.3 is 15.4 Å². The summed E-state index contributed by atoms with van der Waals surface area (Å²) in [4.78, 5) is 15.0. The monoisotopic (exact) mass is 270 g/mol. The number of hydrogen-bond donors (Lipinski definition) is 1. The van der Waals surface area contributed by atoms with Crippen molar-refractivity contribution in [2.45, 2.75) is 19.9 Å². The largest absolute Gasteiger partial charge is 0.383 e. The number of methoxy groups -OCH3 is 1. The first-order valence-electron chi connectivity index (χ1n) is 6.13. The van der Waals surface area contributed by atoms with E-state index in [2.05, 4.69) is 13.8 Å². The molecular weight excluding hydrogens is 248 g/mol. The standard InChI is InChI=1S/C13H22N2O2S/c1-10(2)9-15(6-7-17-3)13(16)12(14)11-5-4-8-18-11/h4-5,8,10,12H,6-7,9,14H2,1-3H3. The molecule has 0 fully saturated rings. The van der Waals surface area contributed by atoms with Crippen LogP contribution < -0.4 is 5.73 Å². The van der Waals surface area contributed by atoms with Gasteiger partial charge in [-0.25, -0.2) is 0 Å². The van der Waals surface area contributed by atoms with Gasteiger partial charge in [-0.3, -0.25) is 4.79 Å². The number of ether oxygens (including phenoxy) is 1. The molecule has 0 aromatic carbocycles. The molecule has 1 aromatic heterocycles. The van der Waals surface area contributed by atoms with Crippen LogP contribution in [0.1, 0.15) is 24.8 Å². The fraction of sp³-hybridized carbons (Fsp3) is 0.615. The van der Waals surface area contributed by atoms with Crippen molar-refractivity contribution in [1.29, 1.82) is 0 Å². The van der Waals surface area contributed by atoms with Crippen LogP contribution in [0.5, 0.6) is 0 Å². The van der Waals surface area contributed by atoms with Gasteiger partial charge in [0.15, 0.2) is 0 Å². The number of hydrogen-bond acceptors (Lipinski definition) is 4. The summed E-state index contributed by atoms with van der Waals surface area (Å²) < 4.78 is 5.04. The molecule has 1 heterocycles. The Morgan fingerprint density at radius 3 is 2.78 bits per heavy atom. The van der Waals surface area contributed by atoms with Gasteiger partial charge in [-0.05, 0) is 17.4 Å². The summed E-state index contributed by atoms with van der Waals surface area (Å²) in [7, 11) is 1.64. The molecule has 18 heavy (non-hydrogen) atoms. The van der Waals surface area contributed by atoms with E-state index in [4.69, 9.17) is 10.5 Å². The van der Waals surface area contributed by atoms with Gasteiger partial charge in [0.1, 0.15) is 6.04 Å². The number of carbonyl (C=O) groups is 1. The van der Waals surface area contributed by atoms with Crippen LogP contribution in [0.4, 0.5) is 0 Å².